The fraction of sp³-hybridized carbons (Fsp3) is 0.222. The number of carbonyl (C=O) groups is 1. The highest BCUT2D eigenvalue weighted by Gasteiger charge is 2.18. The summed E-state index contributed by atoms with van der Waals surface area (Å²) in [6, 6.07) is 19.5. The average Bonchev–Trinajstić information content (AvgIpc) is 3.01. The van der Waals surface area contributed by atoms with Crippen molar-refractivity contribution in [2.24, 2.45) is 9.98 Å². The number of carbonyl (C=O) groups excluding carboxylic acids is 1. The fourth-order valence-corrected chi connectivity index (χ4v) is 4.43. The van der Waals surface area contributed by atoms with Gasteiger partial charge in [-0.25, -0.2) is 4.99 Å². The number of thioether (sulfide) groups is 1. The first-order valence-electron chi connectivity index (χ1n) is 11.0. The minimum Gasteiger partial charge on any atom is -0.497 e. The lowest BCUT2D eigenvalue weighted by atomic mass is 10.1. The maximum absolute atomic E-state index is 12.5. The number of hydrogen-bond acceptors (Lipinski definition) is 5. The number of fused-ring (bicyclic) bond motifs is 1. The third-order valence-corrected chi connectivity index (χ3v) is 6.83. The smallest absolute Gasteiger partial charge is 0.230 e. The molecular formula is C27H26ClN3O2S. The van der Waals surface area contributed by atoms with Crippen molar-refractivity contribution in [3.05, 3.63) is 87.9 Å². The zero-order chi connectivity index (χ0) is 24.1. The minimum atomic E-state index is -0.0462. The van der Waals surface area contributed by atoms with Crippen LogP contribution in [0.25, 0.3) is 0 Å². The molecule has 0 spiro atoms. The number of methoxy groups -OCH3 is 1. The van der Waals surface area contributed by atoms with Crippen LogP contribution in [0.1, 0.15) is 28.7 Å². The Labute approximate surface area is 209 Å². The topological polar surface area (TPSA) is 63.1 Å². The van der Waals surface area contributed by atoms with Gasteiger partial charge in [-0.15, -0.1) is 11.8 Å². The molecule has 3 aromatic rings. The monoisotopic (exact) mass is 491 g/mol. The van der Waals surface area contributed by atoms with Gasteiger partial charge in [0, 0.05) is 18.0 Å². The molecule has 1 amide bonds. The first-order chi connectivity index (χ1) is 16.4. The Morgan fingerprint density at radius 3 is 2.29 bits per heavy atom. The van der Waals surface area contributed by atoms with E-state index in [1.807, 2.05) is 48.5 Å². The van der Waals surface area contributed by atoms with E-state index in [1.165, 1.54) is 17.3 Å². The molecule has 0 saturated heterocycles. The molecule has 0 aliphatic carbocycles. The molecule has 1 heterocycles. The van der Waals surface area contributed by atoms with E-state index >= 15 is 0 Å². The molecule has 174 valence electrons. The van der Waals surface area contributed by atoms with Crippen LogP contribution in [-0.2, 0) is 11.3 Å². The number of aryl methyl sites for hydroxylation is 2. The molecule has 34 heavy (non-hydrogen) atoms. The van der Waals surface area contributed by atoms with Crippen LogP contribution >= 0.6 is 23.4 Å². The van der Waals surface area contributed by atoms with Crippen molar-refractivity contribution in [3.63, 3.8) is 0 Å². The Hall–Kier alpha value is -3.09. The van der Waals surface area contributed by atoms with E-state index in [0.29, 0.717) is 18.0 Å². The van der Waals surface area contributed by atoms with Gasteiger partial charge in [0.1, 0.15) is 5.75 Å². The Morgan fingerprint density at radius 2 is 1.65 bits per heavy atom. The van der Waals surface area contributed by atoms with Gasteiger partial charge in [-0.1, -0.05) is 23.7 Å². The molecule has 0 bridgehead atoms. The standard InChI is InChI=1S/C27H26ClN3O2S/c1-17-12-24-25(13-18(17)2)31-27(14-23(30-24)20-6-10-22(33-3)11-7-20)34-16-26(32)29-15-19-4-8-21(28)9-5-19/h4-13H,14-16H2,1-3H3,(H,29,32). The Bertz CT molecular complexity index is 1250. The van der Waals surface area contributed by atoms with E-state index in [9.17, 15) is 4.79 Å². The van der Waals surface area contributed by atoms with Crippen molar-refractivity contribution in [1.82, 2.24) is 5.32 Å². The number of benzene rings is 3. The molecule has 4 rings (SSSR count). The highest BCUT2D eigenvalue weighted by atomic mass is 35.5. The summed E-state index contributed by atoms with van der Waals surface area (Å²) in [5.74, 6) is 1.03. The van der Waals surface area contributed by atoms with Gasteiger partial charge in [-0.2, -0.15) is 0 Å². The van der Waals surface area contributed by atoms with Crippen molar-refractivity contribution < 1.29 is 9.53 Å². The van der Waals surface area contributed by atoms with Crippen molar-refractivity contribution in [1.29, 1.82) is 0 Å². The zero-order valence-corrected chi connectivity index (χ0v) is 21.0. The summed E-state index contributed by atoms with van der Waals surface area (Å²) in [5, 5.41) is 4.50. The maximum Gasteiger partial charge on any atom is 0.230 e. The summed E-state index contributed by atoms with van der Waals surface area (Å²) in [5.41, 5.74) is 6.93. The molecule has 0 aromatic heterocycles. The lowest BCUT2D eigenvalue weighted by Gasteiger charge is -2.09. The van der Waals surface area contributed by atoms with Gasteiger partial charge in [0.15, 0.2) is 0 Å². The van der Waals surface area contributed by atoms with Gasteiger partial charge < -0.3 is 10.1 Å². The number of rotatable bonds is 6. The van der Waals surface area contributed by atoms with Crippen LogP contribution in [0.3, 0.4) is 0 Å². The van der Waals surface area contributed by atoms with Crippen LogP contribution in [0.15, 0.2) is 70.6 Å². The average molecular weight is 492 g/mol. The molecule has 1 aliphatic heterocycles. The Morgan fingerprint density at radius 1 is 1.00 bits per heavy atom. The second-order valence-electron chi connectivity index (χ2n) is 8.09. The third kappa shape index (κ3) is 6.07. The third-order valence-electron chi connectivity index (χ3n) is 5.61. The predicted molar refractivity (Wildman–Crippen MR) is 143 cm³/mol. The Kier molecular flexibility index (Phi) is 7.70. The zero-order valence-electron chi connectivity index (χ0n) is 19.4. The van der Waals surface area contributed by atoms with E-state index in [2.05, 4.69) is 31.3 Å². The second-order valence-corrected chi connectivity index (χ2v) is 9.57. The van der Waals surface area contributed by atoms with Gasteiger partial charge in [-0.3, -0.25) is 9.79 Å². The van der Waals surface area contributed by atoms with Crippen LogP contribution in [0.4, 0.5) is 11.4 Å². The van der Waals surface area contributed by atoms with Crippen molar-refractivity contribution in [2.75, 3.05) is 12.9 Å². The molecule has 1 N–H and O–H groups in total. The second kappa shape index (κ2) is 10.9. The summed E-state index contributed by atoms with van der Waals surface area (Å²) in [6.45, 7) is 4.61. The normalized spacial score (nSPS) is 12.8. The number of halogens is 1. The predicted octanol–water partition coefficient (Wildman–Crippen LogP) is 6.57. The number of nitrogens with zero attached hydrogens (tertiary/aromatic N) is 2. The lowest BCUT2D eigenvalue weighted by molar-refractivity contribution is -0.118. The summed E-state index contributed by atoms with van der Waals surface area (Å²) in [6.07, 6.45) is 0.550. The Balaban J connectivity index is 1.51. The number of ether oxygens (including phenoxy) is 1. The first kappa shape index (κ1) is 24.0. The van der Waals surface area contributed by atoms with Crippen molar-refractivity contribution in [3.8, 4) is 5.75 Å². The number of amides is 1. The highest BCUT2D eigenvalue weighted by molar-refractivity contribution is 8.14. The van der Waals surface area contributed by atoms with E-state index in [4.69, 9.17) is 26.3 Å². The van der Waals surface area contributed by atoms with E-state index in [1.54, 1.807) is 7.11 Å². The van der Waals surface area contributed by atoms with Crippen molar-refractivity contribution in [2.45, 2.75) is 26.8 Å². The van der Waals surface area contributed by atoms with Gasteiger partial charge in [0.2, 0.25) is 5.91 Å². The molecular weight excluding hydrogens is 466 g/mol. The van der Waals surface area contributed by atoms with E-state index in [-0.39, 0.29) is 11.7 Å². The van der Waals surface area contributed by atoms with Crippen molar-refractivity contribution >= 4 is 51.4 Å². The fourth-order valence-electron chi connectivity index (χ4n) is 3.50. The van der Waals surface area contributed by atoms with Gasteiger partial charge in [-0.05, 0) is 84.6 Å². The minimum absolute atomic E-state index is 0.0462. The molecule has 0 fully saturated rings. The van der Waals surface area contributed by atoms with Crippen LogP contribution in [0.5, 0.6) is 5.75 Å². The lowest BCUT2D eigenvalue weighted by Crippen LogP contribution is -2.25. The van der Waals surface area contributed by atoms with Crippen LogP contribution < -0.4 is 10.1 Å². The summed E-state index contributed by atoms with van der Waals surface area (Å²) in [7, 11) is 1.65. The molecule has 7 heteroatoms. The molecule has 0 radical (unpaired) electrons. The number of nitrogens with one attached hydrogen (secondary N) is 1. The summed E-state index contributed by atoms with van der Waals surface area (Å²) >= 11 is 7.38. The van der Waals surface area contributed by atoms with Crippen LogP contribution in [0, 0.1) is 13.8 Å². The van der Waals surface area contributed by atoms with Crippen LogP contribution in [-0.4, -0.2) is 29.5 Å². The number of aliphatic imine (C=N–C) groups is 2. The van der Waals surface area contributed by atoms with E-state index < -0.39 is 0 Å². The maximum atomic E-state index is 12.5. The molecule has 0 atom stereocenters. The highest BCUT2D eigenvalue weighted by Crippen LogP contribution is 2.36. The largest absolute Gasteiger partial charge is 0.497 e. The van der Waals surface area contributed by atoms with Gasteiger partial charge in [0.05, 0.1) is 35.0 Å². The summed E-state index contributed by atoms with van der Waals surface area (Å²) in [4.78, 5) is 22.4. The van der Waals surface area contributed by atoms with Gasteiger partial charge in [0.25, 0.3) is 0 Å². The molecule has 1 aliphatic rings. The number of hydrogen-bond donors (Lipinski definition) is 1. The first-order valence-corrected chi connectivity index (χ1v) is 12.3. The van der Waals surface area contributed by atoms with Gasteiger partial charge >= 0.3 is 0 Å². The SMILES string of the molecule is COc1ccc(C2=Nc3cc(C)c(C)cc3N=C(SCC(=O)NCc3ccc(Cl)cc3)C2)cc1. The quantitative estimate of drug-likeness (QED) is 0.424. The molecule has 0 unspecified atom stereocenters. The molecule has 5 nitrogen and oxygen atoms in total. The summed E-state index contributed by atoms with van der Waals surface area (Å²) < 4.78 is 5.29. The molecule has 3 aromatic carbocycles. The van der Waals surface area contributed by atoms with Crippen LogP contribution in [0.2, 0.25) is 5.02 Å². The van der Waals surface area contributed by atoms with E-state index in [0.717, 1.165) is 44.6 Å². The molecule has 0 saturated carbocycles.